The van der Waals surface area contributed by atoms with Crippen LogP contribution in [0.4, 0.5) is 11.4 Å². The first-order valence-electron chi connectivity index (χ1n) is 12.6. The molecule has 3 aromatic carbocycles. The van der Waals surface area contributed by atoms with Gasteiger partial charge in [-0.25, -0.2) is 8.42 Å². The van der Waals surface area contributed by atoms with Crippen LogP contribution >= 0.6 is 0 Å². The lowest BCUT2D eigenvalue weighted by Gasteiger charge is -2.36. The molecule has 0 atom stereocenters. The number of hydrogen-bond donors (Lipinski definition) is 1. The molecule has 4 aromatic rings. The van der Waals surface area contributed by atoms with E-state index in [1.165, 1.54) is 0 Å². The van der Waals surface area contributed by atoms with Crippen LogP contribution in [0.5, 0.6) is 5.75 Å². The molecular weight excluding hydrogens is 502 g/mol. The SMILES string of the molecule is COc1ccccc1N1CCN(CCS(=O)(=O)Nc2cccc3c(=O)c(C)c(-c4ccccc4)oc23)CC1. The lowest BCUT2D eigenvalue weighted by molar-refractivity contribution is 0.271. The van der Waals surface area contributed by atoms with Gasteiger partial charge < -0.3 is 14.1 Å². The zero-order valence-electron chi connectivity index (χ0n) is 21.5. The van der Waals surface area contributed by atoms with Crippen molar-refractivity contribution < 1.29 is 17.6 Å². The van der Waals surface area contributed by atoms with Gasteiger partial charge in [-0.15, -0.1) is 0 Å². The molecule has 1 aliphatic rings. The Labute approximate surface area is 222 Å². The fraction of sp³-hybridized carbons (Fsp3) is 0.276. The van der Waals surface area contributed by atoms with Crippen LogP contribution < -0.4 is 19.8 Å². The molecule has 0 unspecified atom stereocenters. The molecule has 1 saturated heterocycles. The number of piperazine rings is 1. The number of sulfonamides is 1. The first-order valence-corrected chi connectivity index (χ1v) is 14.2. The monoisotopic (exact) mass is 533 g/mol. The molecule has 1 aromatic heterocycles. The molecule has 0 aliphatic carbocycles. The van der Waals surface area contributed by atoms with E-state index in [1.54, 1.807) is 32.2 Å². The quantitative estimate of drug-likeness (QED) is 0.360. The highest BCUT2D eigenvalue weighted by molar-refractivity contribution is 7.92. The maximum Gasteiger partial charge on any atom is 0.234 e. The number of benzene rings is 3. The normalized spacial score (nSPS) is 14.5. The van der Waals surface area contributed by atoms with E-state index in [1.807, 2.05) is 54.6 Å². The van der Waals surface area contributed by atoms with Gasteiger partial charge in [0.25, 0.3) is 0 Å². The second-order valence-corrected chi connectivity index (χ2v) is 11.2. The maximum atomic E-state index is 13.1. The van der Waals surface area contributed by atoms with Crippen molar-refractivity contribution in [1.29, 1.82) is 0 Å². The summed E-state index contributed by atoms with van der Waals surface area (Å²) in [5, 5.41) is 0.342. The Bertz CT molecular complexity index is 1590. The zero-order chi connectivity index (χ0) is 26.7. The van der Waals surface area contributed by atoms with Crippen LogP contribution in [0.2, 0.25) is 0 Å². The summed E-state index contributed by atoms with van der Waals surface area (Å²) in [6.07, 6.45) is 0. The van der Waals surface area contributed by atoms with Gasteiger partial charge in [-0.1, -0.05) is 48.5 Å². The molecule has 5 rings (SSSR count). The average Bonchev–Trinajstić information content (AvgIpc) is 2.95. The summed E-state index contributed by atoms with van der Waals surface area (Å²) in [5.74, 6) is 1.20. The highest BCUT2D eigenvalue weighted by atomic mass is 32.2. The number of methoxy groups -OCH3 is 1. The molecule has 0 saturated carbocycles. The number of hydrogen-bond acceptors (Lipinski definition) is 7. The summed E-state index contributed by atoms with van der Waals surface area (Å²) in [5.41, 5.74) is 2.60. The molecule has 198 valence electrons. The molecule has 38 heavy (non-hydrogen) atoms. The van der Waals surface area contributed by atoms with E-state index in [4.69, 9.17) is 9.15 Å². The Hall–Kier alpha value is -3.82. The van der Waals surface area contributed by atoms with Crippen molar-refractivity contribution in [3.05, 3.63) is 88.6 Å². The third-order valence-electron chi connectivity index (χ3n) is 6.92. The van der Waals surface area contributed by atoms with Gasteiger partial charge in [-0.05, 0) is 31.2 Å². The first-order chi connectivity index (χ1) is 18.4. The van der Waals surface area contributed by atoms with Crippen molar-refractivity contribution in [3.63, 3.8) is 0 Å². The molecule has 0 radical (unpaired) electrons. The Morgan fingerprint density at radius 1 is 0.921 bits per heavy atom. The number of para-hydroxylation sites is 3. The Kier molecular flexibility index (Phi) is 7.40. The van der Waals surface area contributed by atoms with Crippen LogP contribution in [0.15, 0.2) is 82.0 Å². The highest BCUT2D eigenvalue weighted by Gasteiger charge is 2.22. The standard InChI is InChI=1S/C29H31N3O5S/c1-21-27(33)23-11-8-12-24(29(23)37-28(21)22-9-4-3-5-10-22)30-38(34,35)20-19-31-15-17-32(18-16-31)25-13-6-7-14-26(25)36-2/h3-14,30H,15-20H2,1-2H3. The number of rotatable bonds is 8. The maximum absolute atomic E-state index is 13.1. The van der Waals surface area contributed by atoms with Crippen LogP contribution in [0.1, 0.15) is 5.56 Å². The molecule has 0 bridgehead atoms. The van der Waals surface area contributed by atoms with E-state index in [9.17, 15) is 13.2 Å². The summed E-state index contributed by atoms with van der Waals surface area (Å²) in [6, 6.07) is 22.2. The minimum Gasteiger partial charge on any atom is -0.495 e. The van der Waals surface area contributed by atoms with Gasteiger partial charge in [-0.2, -0.15) is 0 Å². The van der Waals surface area contributed by atoms with E-state index in [2.05, 4.69) is 14.5 Å². The molecule has 1 N–H and O–H groups in total. The van der Waals surface area contributed by atoms with Gasteiger partial charge >= 0.3 is 0 Å². The van der Waals surface area contributed by atoms with Gasteiger partial charge in [-0.3, -0.25) is 14.4 Å². The van der Waals surface area contributed by atoms with Crippen LogP contribution in [0, 0.1) is 6.92 Å². The smallest absolute Gasteiger partial charge is 0.234 e. The second-order valence-electron chi connectivity index (χ2n) is 9.36. The molecule has 0 spiro atoms. The molecule has 0 amide bonds. The van der Waals surface area contributed by atoms with E-state index >= 15 is 0 Å². The lowest BCUT2D eigenvalue weighted by atomic mass is 10.1. The zero-order valence-corrected chi connectivity index (χ0v) is 22.3. The Morgan fingerprint density at radius 2 is 1.63 bits per heavy atom. The summed E-state index contributed by atoms with van der Waals surface area (Å²) in [7, 11) is -2.03. The molecular formula is C29H31N3O5S. The summed E-state index contributed by atoms with van der Waals surface area (Å²) in [6.45, 7) is 5.18. The van der Waals surface area contributed by atoms with Crippen LogP contribution in [0.3, 0.4) is 0 Å². The molecule has 8 nitrogen and oxygen atoms in total. The van der Waals surface area contributed by atoms with E-state index in [0.29, 0.717) is 23.3 Å². The number of ether oxygens (including phenoxy) is 1. The van der Waals surface area contributed by atoms with Gasteiger partial charge in [0.15, 0.2) is 11.0 Å². The number of nitrogens with zero attached hydrogens (tertiary/aromatic N) is 2. The fourth-order valence-electron chi connectivity index (χ4n) is 4.83. The van der Waals surface area contributed by atoms with Gasteiger partial charge in [0, 0.05) is 43.9 Å². The first kappa shape index (κ1) is 25.8. The number of nitrogens with one attached hydrogen (secondary N) is 1. The Morgan fingerprint density at radius 3 is 2.37 bits per heavy atom. The molecule has 1 aliphatic heterocycles. The predicted molar refractivity (Wildman–Crippen MR) is 152 cm³/mol. The van der Waals surface area contributed by atoms with Gasteiger partial charge in [0.1, 0.15) is 11.5 Å². The predicted octanol–water partition coefficient (Wildman–Crippen LogP) is 4.34. The van der Waals surface area contributed by atoms with Crippen molar-refractivity contribution in [3.8, 4) is 17.1 Å². The summed E-state index contributed by atoms with van der Waals surface area (Å²) < 4.78 is 40.4. The number of fused-ring (bicyclic) bond motifs is 1. The van der Waals surface area contributed by atoms with Crippen molar-refractivity contribution in [2.45, 2.75) is 6.92 Å². The second kappa shape index (κ2) is 10.9. The van der Waals surface area contributed by atoms with Crippen molar-refractivity contribution in [1.82, 2.24) is 4.90 Å². The molecule has 9 heteroatoms. The third-order valence-corrected chi connectivity index (χ3v) is 8.17. The van der Waals surface area contributed by atoms with E-state index < -0.39 is 10.0 Å². The Balaban J connectivity index is 1.29. The third kappa shape index (κ3) is 5.39. The minimum absolute atomic E-state index is 0.0698. The fourth-order valence-corrected chi connectivity index (χ4v) is 5.92. The van der Waals surface area contributed by atoms with Crippen LogP contribution in [-0.2, 0) is 10.0 Å². The average molecular weight is 534 g/mol. The largest absolute Gasteiger partial charge is 0.495 e. The van der Waals surface area contributed by atoms with E-state index in [0.717, 1.165) is 43.2 Å². The topological polar surface area (TPSA) is 92.1 Å². The summed E-state index contributed by atoms with van der Waals surface area (Å²) >= 11 is 0. The highest BCUT2D eigenvalue weighted by Crippen LogP contribution is 2.30. The van der Waals surface area contributed by atoms with Gasteiger partial charge in [0.2, 0.25) is 10.0 Å². The van der Waals surface area contributed by atoms with Gasteiger partial charge in [0.05, 0.1) is 29.6 Å². The van der Waals surface area contributed by atoms with Crippen molar-refractivity contribution in [2.24, 2.45) is 0 Å². The lowest BCUT2D eigenvalue weighted by Crippen LogP contribution is -2.48. The van der Waals surface area contributed by atoms with Crippen LogP contribution in [0.25, 0.3) is 22.3 Å². The summed E-state index contributed by atoms with van der Waals surface area (Å²) in [4.78, 5) is 17.5. The number of anilines is 2. The van der Waals surface area contributed by atoms with E-state index in [-0.39, 0.29) is 22.5 Å². The van der Waals surface area contributed by atoms with Crippen molar-refractivity contribution >= 4 is 32.4 Å². The minimum atomic E-state index is -3.69. The van der Waals surface area contributed by atoms with Crippen molar-refractivity contribution in [2.75, 3.05) is 55.2 Å². The molecule has 2 heterocycles. The molecule has 1 fully saturated rings. The van der Waals surface area contributed by atoms with Crippen LogP contribution in [-0.4, -0.2) is 58.9 Å².